The van der Waals surface area contributed by atoms with E-state index in [0.717, 1.165) is 17.7 Å². The van der Waals surface area contributed by atoms with E-state index in [-0.39, 0.29) is 12.2 Å². The molecule has 40 heavy (non-hydrogen) atoms. The van der Waals surface area contributed by atoms with Crippen LogP contribution in [0.3, 0.4) is 0 Å². The number of carbonyl (C=O) groups is 3. The third kappa shape index (κ3) is 6.64. The topological polar surface area (TPSA) is 169 Å². The molecule has 0 spiro atoms. The van der Waals surface area contributed by atoms with Crippen molar-refractivity contribution in [3.8, 4) is 5.75 Å². The van der Waals surface area contributed by atoms with Gasteiger partial charge in [-0.1, -0.05) is 54.6 Å². The molecule has 0 bridgehead atoms. The van der Waals surface area contributed by atoms with E-state index in [1.165, 1.54) is 18.2 Å². The van der Waals surface area contributed by atoms with Gasteiger partial charge in [0, 0.05) is 18.1 Å². The zero-order chi connectivity index (χ0) is 28.7. The highest BCUT2D eigenvalue weighted by Crippen LogP contribution is 2.29. The number of hydrogen-bond donors (Lipinski definition) is 4. The predicted molar refractivity (Wildman–Crippen MR) is 138 cm³/mol. The molecule has 4 rings (SSSR count). The lowest BCUT2D eigenvalue weighted by Gasteiger charge is -2.41. The van der Waals surface area contributed by atoms with Gasteiger partial charge in [0.15, 0.2) is 11.9 Å². The third-order valence-corrected chi connectivity index (χ3v) is 6.50. The fourth-order valence-corrected chi connectivity index (χ4v) is 4.23. The molecule has 6 unspecified atom stereocenters. The zero-order valence-corrected chi connectivity index (χ0v) is 21.4. The van der Waals surface area contributed by atoms with Crippen LogP contribution in [0.5, 0.6) is 5.75 Å². The largest absolute Gasteiger partial charge is 0.460 e. The molecule has 11 heteroatoms. The van der Waals surface area contributed by atoms with Gasteiger partial charge in [0.25, 0.3) is 0 Å². The summed E-state index contributed by atoms with van der Waals surface area (Å²) >= 11 is 0. The molecule has 0 amide bonds. The van der Waals surface area contributed by atoms with E-state index in [2.05, 4.69) is 0 Å². The van der Waals surface area contributed by atoms with Crippen molar-refractivity contribution >= 4 is 23.8 Å². The Balaban J connectivity index is 1.50. The summed E-state index contributed by atoms with van der Waals surface area (Å²) < 4.78 is 22.1. The van der Waals surface area contributed by atoms with Crippen LogP contribution in [0.15, 0.2) is 72.8 Å². The molecule has 4 N–H and O–H groups in total. The standard InChI is InChI=1S/C29H30O11/c30-16-21-24(33)25(34)26(40-23(32)14-13-18-8-2-1-3-9-18)27(39-21)38-20-11-5-4-10-19(20)17-37-28(35)29(36)15-7-6-12-22(29)31/h1-5,7-11,13-15,21,24-27,30,33-34,36H,6,12,16-17H2/b14-13+. The number of Topliss-reactive ketones (excluding diaryl/α,β-unsaturated/α-hetero) is 1. The third-order valence-electron chi connectivity index (χ3n) is 6.50. The number of rotatable bonds is 9. The maximum Gasteiger partial charge on any atom is 0.350 e. The highest BCUT2D eigenvalue weighted by Gasteiger charge is 2.48. The quantitative estimate of drug-likeness (QED) is 0.150. The second kappa shape index (κ2) is 13.0. The van der Waals surface area contributed by atoms with Crippen molar-refractivity contribution in [2.24, 2.45) is 0 Å². The van der Waals surface area contributed by atoms with Gasteiger partial charge in [-0.15, -0.1) is 0 Å². The number of para-hydroxylation sites is 1. The van der Waals surface area contributed by atoms with E-state index < -0.39 is 67.2 Å². The number of hydrogen-bond acceptors (Lipinski definition) is 11. The average molecular weight is 555 g/mol. The number of carbonyl (C=O) groups excluding carboxylic acids is 3. The van der Waals surface area contributed by atoms with Gasteiger partial charge < -0.3 is 39.4 Å². The molecule has 1 aliphatic heterocycles. The van der Waals surface area contributed by atoms with Crippen LogP contribution in [-0.4, -0.2) is 81.1 Å². The Bertz CT molecular complexity index is 1260. The minimum absolute atomic E-state index is 0.00165. The van der Waals surface area contributed by atoms with Gasteiger partial charge >= 0.3 is 11.9 Å². The molecule has 0 aromatic heterocycles. The Labute approximate surface area is 229 Å². The van der Waals surface area contributed by atoms with Gasteiger partial charge in [0.1, 0.15) is 30.7 Å². The highest BCUT2D eigenvalue weighted by atomic mass is 16.7. The second-order valence-corrected chi connectivity index (χ2v) is 9.28. The summed E-state index contributed by atoms with van der Waals surface area (Å²) in [5, 5.41) is 41.2. The van der Waals surface area contributed by atoms with Crippen molar-refractivity contribution in [2.45, 2.75) is 55.8 Å². The Morgan fingerprint density at radius 3 is 2.50 bits per heavy atom. The average Bonchev–Trinajstić information content (AvgIpc) is 2.97. The molecule has 11 nitrogen and oxygen atoms in total. The summed E-state index contributed by atoms with van der Waals surface area (Å²) in [5.41, 5.74) is -1.35. The molecule has 2 aliphatic rings. The number of esters is 2. The normalized spacial score (nSPS) is 28.3. The molecule has 1 heterocycles. The lowest BCUT2D eigenvalue weighted by atomic mass is 9.90. The first-order valence-electron chi connectivity index (χ1n) is 12.6. The lowest BCUT2D eigenvalue weighted by Crippen LogP contribution is -2.61. The van der Waals surface area contributed by atoms with Crippen LogP contribution in [0.25, 0.3) is 6.08 Å². The van der Waals surface area contributed by atoms with Crippen molar-refractivity contribution in [2.75, 3.05) is 6.61 Å². The molecule has 2 aromatic rings. The zero-order valence-electron chi connectivity index (χ0n) is 21.4. The maximum absolute atomic E-state index is 12.6. The van der Waals surface area contributed by atoms with E-state index in [1.807, 2.05) is 6.07 Å². The number of benzene rings is 2. The molecule has 0 saturated carbocycles. The van der Waals surface area contributed by atoms with Gasteiger partial charge in [-0.25, -0.2) is 9.59 Å². The van der Waals surface area contributed by atoms with Crippen LogP contribution in [0, 0.1) is 0 Å². The van der Waals surface area contributed by atoms with E-state index >= 15 is 0 Å². The van der Waals surface area contributed by atoms with Crippen molar-refractivity contribution in [3.05, 3.63) is 84.0 Å². The SMILES string of the molecule is O=C(/C=C/c1ccccc1)OC1C(Oc2ccccc2COC(=O)C2(O)C=CCCC2=O)OC(CO)C(O)C1O. The van der Waals surface area contributed by atoms with Crippen LogP contribution < -0.4 is 4.74 Å². The molecule has 1 fully saturated rings. The number of ether oxygens (including phenoxy) is 4. The van der Waals surface area contributed by atoms with Crippen molar-refractivity contribution in [3.63, 3.8) is 0 Å². The molecule has 2 aromatic carbocycles. The Morgan fingerprint density at radius 2 is 1.77 bits per heavy atom. The fourth-order valence-electron chi connectivity index (χ4n) is 4.23. The van der Waals surface area contributed by atoms with Crippen molar-refractivity contribution in [1.29, 1.82) is 0 Å². The predicted octanol–water partition coefficient (Wildman–Crippen LogP) is 0.823. The highest BCUT2D eigenvalue weighted by molar-refractivity contribution is 6.09. The smallest absolute Gasteiger partial charge is 0.350 e. The first-order valence-corrected chi connectivity index (χ1v) is 12.6. The van der Waals surface area contributed by atoms with E-state index in [1.54, 1.807) is 42.5 Å². The van der Waals surface area contributed by atoms with E-state index in [0.29, 0.717) is 12.0 Å². The van der Waals surface area contributed by atoms with Crippen molar-refractivity contribution in [1.82, 2.24) is 0 Å². The summed E-state index contributed by atoms with van der Waals surface area (Å²) in [6.45, 7) is -1.06. The van der Waals surface area contributed by atoms with Gasteiger partial charge in [-0.3, -0.25) is 4.79 Å². The number of allylic oxidation sites excluding steroid dienone is 1. The van der Waals surface area contributed by atoms with Gasteiger partial charge in [0.2, 0.25) is 11.9 Å². The molecule has 6 atom stereocenters. The van der Waals surface area contributed by atoms with Crippen molar-refractivity contribution < 1.29 is 53.8 Å². The summed E-state index contributed by atoms with van der Waals surface area (Å²) in [4.78, 5) is 37.2. The molecular weight excluding hydrogens is 524 g/mol. The molecule has 212 valence electrons. The molecule has 0 radical (unpaired) electrons. The molecular formula is C29H30O11. The van der Waals surface area contributed by atoms with Crippen LogP contribution in [0.2, 0.25) is 0 Å². The first kappa shape index (κ1) is 29.1. The first-order chi connectivity index (χ1) is 19.2. The molecule has 1 aliphatic carbocycles. The van der Waals surface area contributed by atoms with Gasteiger partial charge in [-0.2, -0.15) is 0 Å². The monoisotopic (exact) mass is 554 g/mol. The second-order valence-electron chi connectivity index (χ2n) is 9.28. The van der Waals surface area contributed by atoms with Gasteiger partial charge in [0.05, 0.1) is 6.61 Å². The van der Waals surface area contributed by atoms with E-state index in [4.69, 9.17) is 18.9 Å². The lowest BCUT2D eigenvalue weighted by molar-refractivity contribution is -0.281. The summed E-state index contributed by atoms with van der Waals surface area (Å²) in [5.74, 6) is -2.57. The Hall–Kier alpha value is -3.87. The van der Waals surface area contributed by atoms with Crippen LogP contribution in [0.1, 0.15) is 24.0 Å². The number of aliphatic hydroxyl groups excluding tert-OH is 3. The Kier molecular flexibility index (Phi) is 9.46. The Morgan fingerprint density at radius 1 is 1.05 bits per heavy atom. The number of ketones is 1. The van der Waals surface area contributed by atoms with Crippen LogP contribution >= 0.6 is 0 Å². The minimum atomic E-state index is -2.37. The molecule has 1 saturated heterocycles. The summed E-state index contributed by atoms with van der Waals surface area (Å²) in [6.07, 6.45) is -1.81. The maximum atomic E-state index is 12.6. The number of aliphatic hydroxyl groups is 4. The van der Waals surface area contributed by atoms with E-state index in [9.17, 15) is 34.8 Å². The minimum Gasteiger partial charge on any atom is -0.460 e. The summed E-state index contributed by atoms with van der Waals surface area (Å²) in [7, 11) is 0. The van der Waals surface area contributed by atoms with Gasteiger partial charge in [-0.05, 0) is 30.2 Å². The summed E-state index contributed by atoms with van der Waals surface area (Å²) in [6, 6.07) is 15.2. The fraction of sp³-hybridized carbons (Fsp3) is 0.345. The van der Waals surface area contributed by atoms with Crippen LogP contribution in [-0.2, 0) is 35.2 Å². The van der Waals surface area contributed by atoms with Crippen LogP contribution in [0.4, 0.5) is 0 Å².